The molecule has 0 amide bonds. The van der Waals surface area contributed by atoms with E-state index in [0.717, 1.165) is 34.3 Å². The largest absolute Gasteiger partial charge is 0.506 e. The molecule has 4 heterocycles. The summed E-state index contributed by atoms with van der Waals surface area (Å²) >= 11 is 0. The third-order valence-corrected chi connectivity index (χ3v) is 8.48. The fourth-order valence-electron chi connectivity index (χ4n) is 5.52. The molecule has 0 aliphatic heterocycles. The minimum atomic E-state index is -5.04. The predicted octanol–water partition coefficient (Wildman–Crippen LogP) is 10.3. The summed E-state index contributed by atoms with van der Waals surface area (Å²) in [6.45, 7) is 5.35. The van der Waals surface area contributed by atoms with E-state index in [9.17, 15) is 59.9 Å². The average Bonchev–Trinajstić information content (AvgIpc) is 4.03. The van der Waals surface area contributed by atoms with Gasteiger partial charge < -0.3 is 20.4 Å². The highest BCUT2D eigenvalue weighted by atomic mass is 19.4. The number of phenols is 4. The molecule has 4 aromatic carbocycles. The van der Waals surface area contributed by atoms with E-state index in [1.54, 1.807) is 52.0 Å². The molecule has 63 heavy (non-hydrogen) atoms. The summed E-state index contributed by atoms with van der Waals surface area (Å²) in [5.41, 5.74) is -0.891. The van der Waals surface area contributed by atoms with E-state index in [1.807, 2.05) is 56.4 Å². The molecule has 8 aromatic rings. The van der Waals surface area contributed by atoms with E-state index in [4.69, 9.17) is 0 Å². The quantitative estimate of drug-likeness (QED) is 0.128. The lowest BCUT2D eigenvalue weighted by molar-refractivity contribution is -0.144. The van der Waals surface area contributed by atoms with Crippen LogP contribution in [0, 0.1) is 20.8 Å². The van der Waals surface area contributed by atoms with Crippen molar-refractivity contribution in [3.05, 3.63) is 168 Å². The summed E-state index contributed by atoms with van der Waals surface area (Å²) in [6.07, 6.45) is -11.0. The van der Waals surface area contributed by atoms with E-state index in [2.05, 4.69) is 20.4 Å². The number of nitrogens with zero attached hydrogens (tertiary/aromatic N) is 8. The number of phenolic OH excluding ortho intramolecular Hbond substituents is 4. The van der Waals surface area contributed by atoms with Gasteiger partial charge >= 0.3 is 18.5 Å². The van der Waals surface area contributed by atoms with Crippen molar-refractivity contribution >= 4 is 0 Å². The van der Waals surface area contributed by atoms with Gasteiger partial charge in [-0.05, 0) is 87.5 Å². The third-order valence-electron chi connectivity index (χ3n) is 8.48. The van der Waals surface area contributed by atoms with Crippen LogP contribution in [0.15, 0.2) is 134 Å². The summed E-state index contributed by atoms with van der Waals surface area (Å²) in [7, 11) is 0. The second-order valence-corrected chi connectivity index (χ2v) is 13.1. The van der Waals surface area contributed by atoms with Crippen molar-refractivity contribution in [2.75, 3.05) is 0 Å². The number of aromatic hydroxyl groups is 4. The van der Waals surface area contributed by atoms with Crippen molar-refractivity contribution in [1.29, 1.82) is 0 Å². The van der Waals surface area contributed by atoms with Crippen molar-refractivity contribution in [3.8, 4) is 45.7 Å². The van der Waals surface area contributed by atoms with Crippen LogP contribution < -0.4 is 0 Å². The number of halogens is 9. The molecule has 0 saturated carbocycles. The number of hydrogen-bond acceptors (Lipinski definition) is 8. The first-order valence-corrected chi connectivity index (χ1v) is 18.1. The van der Waals surface area contributed by atoms with Gasteiger partial charge in [0.25, 0.3) is 0 Å². The van der Waals surface area contributed by atoms with E-state index in [0.29, 0.717) is 17.1 Å². The first kappa shape index (κ1) is 46.4. The summed E-state index contributed by atoms with van der Waals surface area (Å²) in [4.78, 5) is 0. The van der Waals surface area contributed by atoms with Crippen molar-refractivity contribution in [1.82, 2.24) is 39.1 Å². The van der Waals surface area contributed by atoms with Crippen molar-refractivity contribution in [3.63, 3.8) is 0 Å². The van der Waals surface area contributed by atoms with Gasteiger partial charge in [-0.3, -0.25) is 0 Å². The highest BCUT2D eigenvalue weighted by Gasteiger charge is 2.42. The zero-order valence-corrected chi connectivity index (χ0v) is 33.0. The van der Waals surface area contributed by atoms with Gasteiger partial charge in [0.05, 0.1) is 5.69 Å². The Morgan fingerprint density at radius 2 is 0.841 bits per heavy atom. The first-order valence-electron chi connectivity index (χ1n) is 18.1. The Hall–Kier alpha value is -7.71. The second-order valence-electron chi connectivity index (χ2n) is 13.1. The van der Waals surface area contributed by atoms with Gasteiger partial charge in [0.15, 0.2) is 11.4 Å². The summed E-state index contributed by atoms with van der Waals surface area (Å²) in [5.74, 6) is -0.248. The van der Waals surface area contributed by atoms with Gasteiger partial charge in [-0.15, -0.1) is 0 Å². The first-order chi connectivity index (χ1) is 29.6. The number of rotatable bonds is 4. The Morgan fingerprint density at radius 3 is 1.22 bits per heavy atom. The molecule has 0 spiro atoms. The maximum absolute atomic E-state index is 12.8. The molecule has 0 saturated heterocycles. The molecular formula is C42H35F9N8O4. The van der Waals surface area contributed by atoms with E-state index < -0.39 is 47.0 Å². The van der Waals surface area contributed by atoms with E-state index in [1.165, 1.54) is 31.2 Å². The standard InChI is InChI=1S/C11H6F6N2O.C11H9F3N2O.2C10H10N2O/c12-10(13,14)8-5-9(11(15,16)17)19(18-8)6-3-1-2-4-7(6)20;1-7-6-10(11(12,13)14)15-16(7)8-4-2-3-5-9(8)17;1-8-6-7-12(11-8)9-4-2-3-5-10(9)13;1-8-6-7-11-12(8)9-4-2-3-5-10(9)13/h1-5,20H;2-6,17H,1H3;2*2-7,13H,1H3. The van der Waals surface area contributed by atoms with Crippen LogP contribution in [-0.2, 0) is 18.5 Å². The molecule has 0 aliphatic carbocycles. The van der Waals surface area contributed by atoms with Gasteiger partial charge in [0.2, 0.25) is 0 Å². The predicted molar refractivity (Wildman–Crippen MR) is 210 cm³/mol. The third kappa shape index (κ3) is 11.6. The molecule has 0 atom stereocenters. The van der Waals surface area contributed by atoms with Gasteiger partial charge in [0, 0.05) is 29.8 Å². The van der Waals surface area contributed by atoms with Crippen LogP contribution in [0.5, 0.6) is 23.0 Å². The maximum Gasteiger partial charge on any atom is 0.435 e. The highest BCUT2D eigenvalue weighted by Crippen LogP contribution is 2.38. The SMILES string of the molecule is Cc1cc(C(F)(F)F)nn1-c1ccccc1O.Cc1ccn(-c2ccccc2O)n1.Cc1ccnn1-c1ccccc1O.Oc1ccccc1-n1nc(C(F)(F)F)cc1C(F)(F)F. The Morgan fingerprint density at radius 1 is 0.429 bits per heavy atom. The lowest BCUT2D eigenvalue weighted by Gasteiger charge is -2.11. The zero-order chi connectivity index (χ0) is 46.3. The zero-order valence-electron chi connectivity index (χ0n) is 33.0. The molecule has 8 rings (SSSR count). The normalized spacial score (nSPS) is 11.4. The molecule has 4 N–H and O–H groups in total. The average molecular weight is 887 g/mol. The maximum atomic E-state index is 12.8. The summed E-state index contributed by atoms with van der Waals surface area (Å²) in [6, 6.07) is 29.6. The number of para-hydroxylation sites is 8. The van der Waals surface area contributed by atoms with Crippen LogP contribution >= 0.6 is 0 Å². The molecule has 4 aromatic heterocycles. The van der Waals surface area contributed by atoms with Gasteiger partial charge in [-0.1, -0.05) is 48.5 Å². The highest BCUT2D eigenvalue weighted by molar-refractivity contribution is 5.48. The topological polar surface area (TPSA) is 152 Å². The molecule has 21 heteroatoms. The lowest BCUT2D eigenvalue weighted by atomic mass is 10.3. The van der Waals surface area contributed by atoms with Crippen molar-refractivity contribution < 1.29 is 59.9 Å². The van der Waals surface area contributed by atoms with Crippen molar-refractivity contribution in [2.45, 2.75) is 39.3 Å². The van der Waals surface area contributed by atoms with Gasteiger partial charge in [-0.2, -0.15) is 59.9 Å². The molecule has 330 valence electrons. The summed E-state index contributed by atoms with van der Waals surface area (Å²) < 4.78 is 118. The monoisotopic (exact) mass is 886 g/mol. The van der Waals surface area contributed by atoms with Crippen LogP contribution in [0.1, 0.15) is 34.2 Å². The molecule has 0 bridgehead atoms. The van der Waals surface area contributed by atoms with Crippen LogP contribution in [-0.4, -0.2) is 59.5 Å². The molecule has 0 aliphatic rings. The van der Waals surface area contributed by atoms with Crippen LogP contribution in [0.3, 0.4) is 0 Å². The molecular weight excluding hydrogens is 851 g/mol. The number of benzene rings is 4. The Kier molecular flexibility index (Phi) is 13.9. The minimum absolute atomic E-state index is 0.0259. The lowest BCUT2D eigenvalue weighted by Crippen LogP contribution is -2.13. The second kappa shape index (κ2) is 18.9. The fourth-order valence-corrected chi connectivity index (χ4v) is 5.52. The van der Waals surface area contributed by atoms with E-state index >= 15 is 0 Å². The Labute approximate surface area is 351 Å². The number of aromatic nitrogens is 8. The molecule has 0 radical (unpaired) electrons. The van der Waals surface area contributed by atoms with Crippen LogP contribution in [0.25, 0.3) is 22.7 Å². The Balaban J connectivity index is 0.000000161. The van der Waals surface area contributed by atoms with Crippen LogP contribution in [0.2, 0.25) is 0 Å². The van der Waals surface area contributed by atoms with Gasteiger partial charge in [0.1, 0.15) is 51.4 Å². The molecule has 0 fully saturated rings. The van der Waals surface area contributed by atoms with E-state index in [-0.39, 0.29) is 33.7 Å². The number of alkyl halides is 9. The fraction of sp³-hybridized carbons (Fsp3) is 0.143. The molecule has 0 unspecified atom stereocenters. The van der Waals surface area contributed by atoms with Crippen LogP contribution in [0.4, 0.5) is 39.5 Å². The number of hydrogen-bond donors (Lipinski definition) is 4. The summed E-state index contributed by atoms with van der Waals surface area (Å²) in [5, 5.41) is 52.7. The van der Waals surface area contributed by atoms with Gasteiger partial charge in [-0.25, -0.2) is 18.7 Å². The van der Waals surface area contributed by atoms with Crippen molar-refractivity contribution in [2.24, 2.45) is 0 Å². The molecule has 12 nitrogen and oxygen atoms in total. The Bertz CT molecular complexity index is 2770. The number of aryl methyl sites for hydroxylation is 3. The smallest absolute Gasteiger partial charge is 0.435 e. The minimum Gasteiger partial charge on any atom is -0.506 e.